The van der Waals surface area contributed by atoms with Crippen molar-refractivity contribution in [2.45, 2.75) is 25.2 Å². The molecule has 0 heterocycles. The maximum atomic E-state index is 13.4. The topological polar surface area (TPSA) is 83.6 Å². The van der Waals surface area contributed by atoms with Crippen molar-refractivity contribution < 1.29 is 17.9 Å². The summed E-state index contributed by atoms with van der Waals surface area (Å²) in [5.41, 5.74) is 5.44. The van der Waals surface area contributed by atoms with Crippen LogP contribution in [0.4, 0.5) is 10.1 Å². The van der Waals surface area contributed by atoms with Crippen LogP contribution in [0.5, 0.6) is 0 Å². The lowest BCUT2D eigenvalue weighted by Crippen LogP contribution is -2.34. The Kier molecular flexibility index (Phi) is 5.28. The van der Waals surface area contributed by atoms with Crippen molar-refractivity contribution in [1.82, 2.24) is 4.31 Å². The largest absolute Gasteiger partial charge is 0.396 e. The third-order valence-electron chi connectivity index (χ3n) is 2.72. The Morgan fingerprint density at radius 3 is 2.47 bits per heavy atom. The van der Waals surface area contributed by atoms with Gasteiger partial charge in [0.1, 0.15) is 5.82 Å². The highest BCUT2D eigenvalue weighted by atomic mass is 32.2. The maximum Gasteiger partial charge on any atom is 0.243 e. The van der Waals surface area contributed by atoms with Crippen molar-refractivity contribution >= 4 is 15.7 Å². The van der Waals surface area contributed by atoms with E-state index in [0.29, 0.717) is 13.0 Å². The Morgan fingerprint density at radius 1 is 1.37 bits per heavy atom. The van der Waals surface area contributed by atoms with Gasteiger partial charge >= 0.3 is 0 Å². The highest BCUT2D eigenvalue weighted by Crippen LogP contribution is 2.23. The van der Waals surface area contributed by atoms with Gasteiger partial charge in [0.25, 0.3) is 0 Å². The summed E-state index contributed by atoms with van der Waals surface area (Å²) in [4.78, 5) is -0.0502. The first kappa shape index (κ1) is 15.9. The van der Waals surface area contributed by atoms with Crippen LogP contribution in [0.25, 0.3) is 0 Å². The van der Waals surface area contributed by atoms with Gasteiger partial charge in [-0.15, -0.1) is 0 Å². The molecule has 0 fully saturated rings. The number of aliphatic hydroxyl groups is 1. The Bertz CT molecular complexity index is 517. The molecule has 0 aliphatic carbocycles. The second-order valence-corrected chi connectivity index (χ2v) is 6.21. The molecule has 0 saturated carbocycles. The molecule has 0 aliphatic rings. The van der Waals surface area contributed by atoms with E-state index in [1.807, 2.05) is 6.92 Å². The highest BCUT2D eigenvalue weighted by Gasteiger charge is 2.24. The first-order valence-corrected chi connectivity index (χ1v) is 7.45. The second kappa shape index (κ2) is 6.31. The molecule has 5 nitrogen and oxygen atoms in total. The number of sulfonamides is 1. The lowest BCUT2D eigenvalue weighted by molar-refractivity contribution is 0.253. The summed E-state index contributed by atoms with van der Waals surface area (Å²) in [6.07, 6.45) is 0.620. The van der Waals surface area contributed by atoms with Gasteiger partial charge in [-0.3, -0.25) is 0 Å². The number of aryl methyl sites for hydroxylation is 1. The van der Waals surface area contributed by atoms with E-state index in [1.165, 1.54) is 17.3 Å². The molecule has 0 spiro atoms. The second-order valence-electron chi connectivity index (χ2n) is 4.27. The van der Waals surface area contributed by atoms with Crippen LogP contribution in [0.2, 0.25) is 0 Å². The Morgan fingerprint density at radius 2 is 2.00 bits per heavy atom. The van der Waals surface area contributed by atoms with Gasteiger partial charge in [0.2, 0.25) is 10.0 Å². The number of benzene rings is 1. The summed E-state index contributed by atoms with van der Waals surface area (Å²) < 4.78 is 39.3. The smallest absolute Gasteiger partial charge is 0.243 e. The van der Waals surface area contributed by atoms with Crippen molar-refractivity contribution in [1.29, 1.82) is 0 Å². The predicted octanol–water partition coefficient (Wildman–Crippen LogP) is 1.11. The SMILES string of the molecule is CCCN(CCO)S(=O)(=O)c1cc(C)c(F)c(N)c1. The van der Waals surface area contributed by atoms with E-state index in [4.69, 9.17) is 10.8 Å². The molecule has 1 aromatic rings. The zero-order valence-corrected chi connectivity index (χ0v) is 11.9. The number of nitrogens with two attached hydrogens (primary N) is 1. The highest BCUT2D eigenvalue weighted by molar-refractivity contribution is 7.89. The standard InChI is InChI=1S/C12H19FN2O3S/c1-3-4-15(5-6-16)19(17,18)10-7-9(2)12(13)11(14)8-10/h7-8,16H,3-6,14H2,1-2H3. The number of aliphatic hydroxyl groups excluding tert-OH is 1. The minimum atomic E-state index is -3.76. The van der Waals surface area contributed by atoms with Gasteiger partial charge in [0, 0.05) is 13.1 Å². The van der Waals surface area contributed by atoms with Crippen LogP contribution in [0.3, 0.4) is 0 Å². The lowest BCUT2D eigenvalue weighted by atomic mass is 10.2. The maximum absolute atomic E-state index is 13.4. The molecule has 3 N–H and O–H groups in total. The van der Waals surface area contributed by atoms with Crippen LogP contribution < -0.4 is 5.73 Å². The lowest BCUT2D eigenvalue weighted by Gasteiger charge is -2.21. The summed E-state index contributed by atoms with van der Waals surface area (Å²) in [6.45, 7) is 3.33. The Labute approximate surface area is 112 Å². The van der Waals surface area contributed by atoms with Gasteiger partial charge in [-0.05, 0) is 31.0 Å². The molecule has 0 saturated heterocycles. The van der Waals surface area contributed by atoms with E-state index in [9.17, 15) is 12.8 Å². The van der Waals surface area contributed by atoms with E-state index >= 15 is 0 Å². The molecule has 0 radical (unpaired) electrons. The zero-order chi connectivity index (χ0) is 14.6. The fourth-order valence-electron chi connectivity index (χ4n) is 1.77. The molecule has 1 rings (SSSR count). The van der Waals surface area contributed by atoms with Crippen molar-refractivity contribution in [2.24, 2.45) is 0 Å². The molecule has 0 unspecified atom stereocenters. The van der Waals surface area contributed by atoms with Gasteiger partial charge in [0.05, 0.1) is 17.2 Å². The van der Waals surface area contributed by atoms with Gasteiger partial charge in [-0.25, -0.2) is 12.8 Å². The number of halogens is 1. The van der Waals surface area contributed by atoms with Crippen LogP contribution >= 0.6 is 0 Å². The summed E-state index contributed by atoms with van der Waals surface area (Å²) in [7, 11) is -3.76. The monoisotopic (exact) mass is 290 g/mol. The van der Waals surface area contributed by atoms with E-state index in [1.54, 1.807) is 0 Å². The van der Waals surface area contributed by atoms with E-state index < -0.39 is 15.8 Å². The molecule has 7 heteroatoms. The van der Waals surface area contributed by atoms with Crippen LogP contribution in [0, 0.1) is 12.7 Å². The van der Waals surface area contributed by atoms with Crippen LogP contribution in [-0.2, 0) is 10.0 Å². The average molecular weight is 290 g/mol. The zero-order valence-electron chi connectivity index (χ0n) is 11.1. The molecule has 1 aromatic carbocycles. The van der Waals surface area contributed by atoms with Crippen molar-refractivity contribution in [2.75, 3.05) is 25.4 Å². The van der Waals surface area contributed by atoms with E-state index in [-0.39, 0.29) is 29.3 Å². The molecule has 0 atom stereocenters. The quantitative estimate of drug-likeness (QED) is 0.769. The molecule has 0 amide bonds. The third kappa shape index (κ3) is 3.43. The summed E-state index contributed by atoms with van der Waals surface area (Å²) in [6, 6.07) is 2.36. The van der Waals surface area contributed by atoms with Crippen molar-refractivity contribution in [3.63, 3.8) is 0 Å². The number of rotatable bonds is 6. The number of anilines is 1. The number of hydrogen-bond acceptors (Lipinski definition) is 4. The Balaban J connectivity index is 3.25. The molecule has 19 heavy (non-hydrogen) atoms. The van der Waals surface area contributed by atoms with Gasteiger partial charge in [0.15, 0.2) is 0 Å². The fraction of sp³-hybridized carbons (Fsp3) is 0.500. The van der Waals surface area contributed by atoms with Gasteiger partial charge in [-0.1, -0.05) is 6.92 Å². The first-order valence-electron chi connectivity index (χ1n) is 6.01. The van der Waals surface area contributed by atoms with Gasteiger partial charge in [-0.2, -0.15) is 4.31 Å². The van der Waals surface area contributed by atoms with Gasteiger partial charge < -0.3 is 10.8 Å². The fourth-order valence-corrected chi connectivity index (χ4v) is 3.42. The minimum Gasteiger partial charge on any atom is -0.396 e. The first-order chi connectivity index (χ1) is 8.84. The van der Waals surface area contributed by atoms with Crippen LogP contribution in [0.1, 0.15) is 18.9 Å². The Hall–Kier alpha value is -1.18. The molecule has 0 bridgehead atoms. The molecule has 0 aliphatic heterocycles. The van der Waals surface area contributed by atoms with Crippen LogP contribution in [-0.4, -0.2) is 37.5 Å². The third-order valence-corrected chi connectivity index (χ3v) is 4.59. The van der Waals surface area contributed by atoms with Crippen molar-refractivity contribution in [3.05, 3.63) is 23.5 Å². The summed E-state index contributed by atoms with van der Waals surface area (Å²) >= 11 is 0. The number of nitrogens with zero attached hydrogens (tertiary/aromatic N) is 1. The summed E-state index contributed by atoms with van der Waals surface area (Å²) in [5, 5.41) is 8.94. The number of nitrogen functional groups attached to an aromatic ring is 1. The van der Waals surface area contributed by atoms with E-state index in [0.717, 1.165) is 6.07 Å². The van der Waals surface area contributed by atoms with Crippen LogP contribution in [0.15, 0.2) is 17.0 Å². The van der Waals surface area contributed by atoms with E-state index in [2.05, 4.69) is 0 Å². The molecular formula is C12H19FN2O3S. The predicted molar refractivity (Wildman–Crippen MR) is 71.7 cm³/mol. The molecule has 108 valence electrons. The molecule has 0 aromatic heterocycles. The summed E-state index contributed by atoms with van der Waals surface area (Å²) in [5.74, 6) is -0.608. The van der Waals surface area contributed by atoms with Crippen molar-refractivity contribution in [3.8, 4) is 0 Å². The number of hydrogen-bond donors (Lipinski definition) is 2. The average Bonchev–Trinajstić information content (AvgIpc) is 2.35. The molecular weight excluding hydrogens is 271 g/mol. The normalized spacial score (nSPS) is 12.1. The minimum absolute atomic E-state index is 0.00645.